The van der Waals surface area contributed by atoms with Crippen LogP contribution in [0.25, 0.3) is 10.8 Å². The van der Waals surface area contributed by atoms with Crippen molar-refractivity contribution in [3.63, 3.8) is 0 Å². The molecule has 0 bridgehead atoms. The summed E-state index contributed by atoms with van der Waals surface area (Å²) in [6, 6.07) is 13.2. The van der Waals surface area contributed by atoms with Crippen molar-refractivity contribution in [2.24, 2.45) is 0 Å². The van der Waals surface area contributed by atoms with Crippen LogP contribution in [-0.2, 0) is 6.54 Å². The number of rotatable bonds is 2. The fraction of sp³-hybridized carbons (Fsp3) is 0.231. The van der Waals surface area contributed by atoms with Gasteiger partial charge in [0.05, 0.1) is 0 Å². The Kier molecular flexibility index (Phi) is 3.26. The second kappa shape index (κ2) is 4.49. The maximum absolute atomic E-state index is 2.35. The van der Waals surface area contributed by atoms with Crippen LogP contribution in [0.15, 0.2) is 36.4 Å². The van der Waals surface area contributed by atoms with E-state index in [0.29, 0.717) is 0 Å². The van der Waals surface area contributed by atoms with Gasteiger partial charge in [0, 0.05) is 10.1 Å². The summed E-state index contributed by atoms with van der Waals surface area (Å²) in [6.07, 6.45) is 0. The smallest absolute Gasteiger partial charge is 0.0227 e. The van der Waals surface area contributed by atoms with Crippen LogP contribution < -0.4 is 0 Å². The van der Waals surface area contributed by atoms with Crippen LogP contribution in [0.2, 0.25) is 0 Å². The number of nitrogens with zero attached hydrogens (tertiary/aromatic N) is 1. The Bertz CT molecular complexity index is 477. The molecule has 0 saturated carbocycles. The molecule has 0 spiro atoms. The van der Waals surface area contributed by atoms with Gasteiger partial charge < -0.3 is 4.90 Å². The number of halogens is 1. The molecular weight excluding hydrogens is 297 g/mol. The highest BCUT2D eigenvalue weighted by Crippen LogP contribution is 2.19. The van der Waals surface area contributed by atoms with E-state index in [2.05, 4.69) is 78.0 Å². The lowest BCUT2D eigenvalue weighted by Gasteiger charge is -2.10. The van der Waals surface area contributed by atoms with Crippen molar-refractivity contribution in [2.75, 3.05) is 14.1 Å². The van der Waals surface area contributed by atoms with Gasteiger partial charge in [-0.1, -0.05) is 18.2 Å². The molecule has 0 unspecified atom stereocenters. The summed E-state index contributed by atoms with van der Waals surface area (Å²) in [5.74, 6) is 0. The number of fused-ring (bicyclic) bond motifs is 1. The van der Waals surface area contributed by atoms with Gasteiger partial charge in [-0.25, -0.2) is 0 Å². The van der Waals surface area contributed by atoms with Gasteiger partial charge >= 0.3 is 0 Å². The average Bonchev–Trinajstić information content (AvgIpc) is 2.17. The van der Waals surface area contributed by atoms with Gasteiger partial charge in [-0.05, 0) is 71.2 Å². The van der Waals surface area contributed by atoms with Gasteiger partial charge in [-0.15, -0.1) is 0 Å². The summed E-state index contributed by atoms with van der Waals surface area (Å²) in [5, 5.41) is 2.65. The molecule has 0 fully saturated rings. The Labute approximate surface area is 104 Å². The minimum atomic E-state index is 1.00. The van der Waals surface area contributed by atoms with Gasteiger partial charge in [0.15, 0.2) is 0 Å². The highest BCUT2D eigenvalue weighted by Gasteiger charge is 1.98. The molecule has 0 radical (unpaired) electrons. The minimum absolute atomic E-state index is 1.00. The zero-order valence-corrected chi connectivity index (χ0v) is 11.2. The van der Waals surface area contributed by atoms with E-state index in [1.807, 2.05) is 0 Å². The molecular formula is C13H14IN. The zero-order valence-electron chi connectivity index (χ0n) is 9.00. The summed E-state index contributed by atoms with van der Waals surface area (Å²) in [4.78, 5) is 2.19. The molecule has 0 aliphatic heterocycles. The number of hydrogen-bond donors (Lipinski definition) is 0. The number of hydrogen-bond acceptors (Lipinski definition) is 1. The molecule has 15 heavy (non-hydrogen) atoms. The Morgan fingerprint density at radius 1 is 1.00 bits per heavy atom. The van der Waals surface area contributed by atoms with Crippen molar-refractivity contribution in [2.45, 2.75) is 6.54 Å². The van der Waals surface area contributed by atoms with E-state index < -0.39 is 0 Å². The van der Waals surface area contributed by atoms with Crippen LogP contribution in [0, 0.1) is 3.57 Å². The van der Waals surface area contributed by atoms with E-state index in [-0.39, 0.29) is 0 Å². The average molecular weight is 311 g/mol. The first-order valence-corrected chi connectivity index (χ1v) is 6.06. The van der Waals surface area contributed by atoms with Crippen molar-refractivity contribution in [1.82, 2.24) is 4.90 Å². The Morgan fingerprint density at radius 3 is 2.40 bits per heavy atom. The molecule has 1 nitrogen and oxygen atoms in total. The molecule has 0 saturated heterocycles. The van der Waals surface area contributed by atoms with Crippen molar-refractivity contribution in [1.29, 1.82) is 0 Å². The molecule has 0 atom stereocenters. The molecule has 78 valence electrons. The molecule has 2 aromatic rings. The first-order chi connectivity index (χ1) is 7.15. The molecule has 2 aromatic carbocycles. The van der Waals surface area contributed by atoms with Crippen molar-refractivity contribution >= 4 is 33.4 Å². The number of benzene rings is 2. The molecule has 2 rings (SSSR count). The SMILES string of the molecule is CN(C)Cc1ccc2cc(I)ccc2c1. The summed E-state index contributed by atoms with van der Waals surface area (Å²) >= 11 is 2.35. The first kappa shape index (κ1) is 10.9. The van der Waals surface area contributed by atoms with Crippen LogP contribution in [0.1, 0.15) is 5.56 Å². The van der Waals surface area contributed by atoms with Crippen molar-refractivity contribution in [3.05, 3.63) is 45.5 Å². The molecule has 0 N–H and O–H groups in total. The monoisotopic (exact) mass is 311 g/mol. The van der Waals surface area contributed by atoms with Crippen LogP contribution >= 0.6 is 22.6 Å². The van der Waals surface area contributed by atoms with E-state index in [1.54, 1.807) is 0 Å². The van der Waals surface area contributed by atoms with Gasteiger partial charge in [0.1, 0.15) is 0 Å². The Balaban J connectivity index is 2.43. The third kappa shape index (κ3) is 2.69. The van der Waals surface area contributed by atoms with Gasteiger partial charge in [-0.3, -0.25) is 0 Å². The zero-order chi connectivity index (χ0) is 10.8. The fourth-order valence-corrected chi connectivity index (χ4v) is 2.24. The van der Waals surface area contributed by atoms with Gasteiger partial charge in [-0.2, -0.15) is 0 Å². The lowest BCUT2D eigenvalue weighted by Crippen LogP contribution is -2.10. The lowest BCUT2D eigenvalue weighted by atomic mass is 10.1. The van der Waals surface area contributed by atoms with Crippen LogP contribution in [0.5, 0.6) is 0 Å². The van der Waals surface area contributed by atoms with Crippen LogP contribution in [-0.4, -0.2) is 19.0 Å². The lowest BCUT2D eigenvalue weighted by molar-refractivity contribution is 0.403. The summed E-state index contributed by atoms with van der Waals surface area (Å²) in [7, 11) is 4.19. The van der Waals surface area contributed by atoms with E-state index in [9.17, 15) is 0 Å². The first-order valence-electron chi connectivity index (χ1n) is 4.98. The fourth-order valence-electron chi connectivity index (χ4n) is 1.73. The largest absolute Gasteiger partial charge is 0.305 e. The Morgan fingerprint density at radius 2 is 1.67 bits per heavy atom. The van der Waals surface area contributed by atoms with E-state index >= 15 is 0 Å². The maximum Gasteiger partial charge on any atom is 0.0227 e. The predicted octanol–water partition coefficient (Wildman–Crippen LogP) is 3.51. The molecule has 0 heterocycles. The minimum Gasteiger partial charge on any atom is -0.305 e. The summed E-state index contributed by atoms with van der Waals surface area (Å²) in [5.41, 5.74) is 1.37. The molecule has 0 amide bonds. The van der Waals surface area contributed by atoms with Crippen LogP contribution in [0.4, 0.5) is 0 Å². The van der Waals surface area contributed by atoms with Crippen LogP contribution in [0.3, 0.4) is 0 Å². The highest BCUT2D eigenvalue weighted by atomic mass is 127. The van der Waals surface area contributed by atoms with E-state index in [0.717, 1.165) is 6.54 Å². The molecule has 0 aliphatic carbocycles. The van der Waals surface area contributed by atoms with Gasteiger partial charge in [0.2, 0.25) is 0 Å². The highest BCUT2D eigenvalue weighted by molar-refractivity contribution is 14.1. The van der Waals surface area contributed by atoms with E-state index in [4.69, 9.17) is 0 Å². The third-order valence-electron chi connectivity index (χ3n) is 2.37. The maximum atomic E-state index is 2.35. The summed E-state index contributed by atoms with van der Waals surface area (Å²) < 4.78 is 1.29. The Hall–Kier alpha value is -0.610. The second-order valence-electron chi connectivity index (χ2n) is 4.06. The topological polar surface area (TPSA) is 3.24 Å². The third-order valence-corrected chi connectivity index (χ3v) is 3.04. The summed E-state index contributed by atoms with van der Waals surface area (Å²) in [6.45, 7) is 1.00. The second-order valence-corrected chi connectivity index (χ2v) is 5.31. The van der Waals surface area contributed by atoms with Crippen molar-refractivity contribution < 1.29 is 0 Å². The molecule has 0 aliphatic rings. The molecule has 0 aromatic heterocycles. The normalized spacial score (nSPS) is 11.2. The van der Waals surface area contributed by atoms with E-state index in [1.165, 1.54) is 19.9 Å². The molecule has 2 heteroatoms. The quantitative estimate of drug-likeness (QED) is 0.767. The predicted molar refractivity (Wildman–Crippen MR) is 74.1 cm³/mol. The standard InChI is InChI=1S/C13H14IN/c1-15(2)9-10-3-4-12-8-13(14)6-5-11(12)7-10/h3-8H,9H2,1-2H3. The van der Waals surface area contributed by atoms with Gasteiger partial charge in [0.25, 0.3) is 0 Å². The van der Waals surface area contributed by atoms with Crippen molar-refractivity contribution in [3.8, 4) is 0 Å².